The molecule has 0 aliphatic carbocycles. The molecule has 8 heteroatoms. The van der Waals surface area contributed by atoms with Crippen molar-refractivity contribution in [2.75, 3.05) is 36.2 Å². The molecule has 7 nitrogen and oxygen atoms in total. The van der Waals surface area contributed by atoms with E-state index in [9.17, 15) is 14.0 Å². The molecule has 0 saturated carbocycles. The molecule has 0 radical (unpaired) electrons. The van der Waals surface area contributed by atoms with E-state index < -0.39 is 18.0 Å². The van der Waals surface area contributed by atoms with Crippen LogP contribution < -0.4 is 9.80 Å². The Morgan fingerprint density at radius 2 is 1.93 bits per heavy atom. The molecule has 2 saturated heterocycles. The lowest BCUT2D eigenvalue weighted by Crippen LogP contribution is -2.27. The van der Waals surface area contributed by atoms with Crippen molar-refractivity contribution in [2.45, 2.75) is 19.6 Å². The fraction of sp³-hybridized carbons (Fsp3) is 0.333. The Kier molecular flexibility index (Phi) is 5.10. The number of aliphatic hydroxyl groups is 1. The van der Waals surface area contributed by atoms with Gasteiger partial charge in [-0.05, 0) is 30.7 Å². The fourth-order valence-electron chi connectivity index (χ4n) is 3.56. The molecule has 152 valence electrons. The molecule has 1 N–H and O–H groups in total. The van der Waals surface area contributed by atoms with Gasteiger partial charge in [0, 0.05) is 6.54 Å². The third kappa shape index (κ3) is 3.88. The molecule has 0 spiro atoms. The molecule has 0 aromatic heterocycles. The van der Waals surface area contributed by atoms with E-state index in [4.69, 9.17) is 9.84 Å². The van der Waals surface area contributed by atoms with Gasteiger partial charge >= 0.3 is 6.09 Å². The van der Waals surface area contributed by atoms with E-state index >= 15 is 0 Å². The topological polar surface area (TPSA) is 73.3 Å². The van der Waals surface area contributed by atoms with Crippen molar-refractivity contribution in [2.24, 2.45) is 0 Å². The Bertz CT molecular complexity index is 934. The molecule has 2 heterocycles. The normalized spacial score (nSPS) is 19.3. The number of cyclic esters (lactones) is 1. The first-order valence-corrected chi connectivity index (χ1v) is 9.41. The summed E-state index contributed by atoms with van der Waals surface area (Å²) in [5, 5.41) is 9.14. The van der Waals surface area contributed by atoms with Crippen molar-refractivity contribution in [3.05, 3.63) is 59.4 Å². The molecule has 1 atom stereocenters. The minimum absolute atomic E-state index is 0.0667. The van der Waals surface area contributed by atoms with E-state index in [0.717, 1.165) is 11.1 Å². The number of anilines is 2. The first-order chi connectivity index (χ1) is 13.9. The molecule has 1 unspecified atom stereocenters. The van der Waals surface area contributed by atoms with Crippen LogP contribution in [0.3, 0.4) is 0 Å². The average Bonchev–Trinajstić information content (AvgIpc) is 3.26. The van der Waals surface area contributed by atoms with E-state index in [-0.39, 0.29) is 25.6 Å². The van der Waals surface area contributed by atoms with Gasteiger partial charge in [-0.1, -0.05) is 29.8 Å². The molecule has 0 bridgehead atoms. The Morgan fingerprint density at radius 3 is 2.59 bits per heavy atom. The highest BCUT2D eigenvalue weighted by Gasteiger charge is 2.33. The van der Waals surface area contributed by atoms with Crippen LogP contribution in [0.25, 0.3) is 0 Å². The number of carbonyl (C=O) groups excluding carboxylic acids is 2. The summed E-state index contributed by atoms with van der Waals surface area (Å²) in [5.41, 5.74) is 2.83. The molecule has 2 aliphatic rings. The van der Waals surface area contributed by atoms with Crippen LogP contribution in [0.15, 0.2) is 42.5 Å². The second kappa shape index (κ2) is 7.71. The van der Waals surface area contributed by atoms with Crippen LogP contribution in [0.1, 0.15) is 11.1 Å². The molecule has 2 fully saturated rings. The SMILES string of the molecule is Cc1ccc(CN2CN(c3ccc(N4CC(CO)OC4=O)cc3F)CC2=O)cc1. The largest absolute Gasteiger partial charge is 0.441 e. The monoisotopic (exact) mass is 399 g/mol. The van der Waals surface area contributed by atoms with Crippen LogP contribution in [0.2, 0.25) is 0 Å². The predicted octanol–water partition coefficient (Wildman–Crippen LogP) is 2.26. The van der Waals surface area contributed by atoms with E-state index in [0.29, 0.717) is 24.6 Å². The lowest BCUT2D eigenvalue weighted by Gasteiger charge is -2.21. The third-order valence-electron chi connectivity index (χ3n) is 5.18. The van der Waals surface area contributed by atoms with E-state index in [1.165, 1.54) is 11.0 Å². The van der Waals surface area contributed by atoms with Crippen LogP contribution in [-0.2, 0) is 16.1 Å². The highest BCUT2D eigenvalue weighted by molar-refractivity contribution is 5.90. The van der Waals surface area contributed by atoms with Gasteiger partial charge in [-0.15, -0.1) is 0 Å². The molecule has 2 aromatic carbocycles. The van der Waals surface area contributed by atoms with E-state index in [1.807, 2.05) is 31.2 Å². The van der Waals surface area contributed by atoms with Crippen molar-refractivity contribution in [1.29, 1.82) is 0 Å². The number of carbonyl (C=O) groups is 2. The number of benzene rings is 2. The minimum atomic E-state index is -0.614. The lowest BCUT2D eigenvalue weighted by molar-refractivity contribution is -0.127. The summed E-state index contributed by atoms with van der Waals surface area (Å²) < 4.78 is 19.8. The Balaban J connectivity index is 1.47. The number of aryl methyl sites for hydroxylation is 1. The van der Waals surface area contributed by atoms with Crippen LogP contribution in [0.5, 0.6) is 0 Å². The van der Waals surface area contributed by atoms with Gasteiger partial charge in [0.1, 0.15) is 11.9 Å². The first kappa shape index (κ1) is 19.2. The summed E-state index contributed by atoms with van der Waals surface area (Å²) in [7, 11) is 0. The van der Waals surface area contributed by atoms with Crippen molar-refractivity contribution < 1.29 is 23.8 Å². The summed E-state index contributed by atoms with van der Waals surface area (Å²) in [6.07, 6.45) is -1.23. The summed E-state index contributed by atoms with van der Waals surface area (Å²) in [4.78, 5) is 28.9. The Hall–Kier alpha value is -3.13. The number of hydrogen-bond acceptors (Lipinski definition) is 5. The van der Waals surface area contributed by atoms with Gasteiger partial charge in [0.05, 0.1) is 37.7 Å². The standard InChI is InChI=1S/C21H22FN3O4/c1-14-2-4-15(5-3-14)9-24-13-23(11-20(24)27)19-7-6-16(8-18(19)22)25-10-17(12-26)29-21(25)28/h2-8,17,26H,9-13H2,1H3. The van der Waals surface area contributed by atoms with Gasteiger partial charge in [-0.2, -0.15) is 0 Å². The summed E-state index contributed by atoms with van der Waals surface area (Å²) in [6.45, 7) is 2.75. The highest BCUT2D eigenvalue weighted by atomic mass is 19.1. The molecule has 29 heavy (non-hydrogen) atoms. The zero-order valence-corrected chi connectivity index (χ0v) is 16.0. The number of nitrogens with zero attached hydrogens (tertiary/aromatic N) is 3. The molecule has 2 aromatic rings. The van der Waals surface area contributed by atoms with Crippen molar-refractivity contribution in [3.8, 4) is 0 Å². The Morgan fingerprint density at radius 1 is 1.17 bits per heavy atom. The maximum Gasteiger partial charge on any atom is 0.414 e. The highest BCUT2D eigenvalue weighted by Crippen LogP contribution is 2.29. The molecule has 2 amide bonds. The van der Waals surface area contributed by atoms with E-state index in [2.05, 4.69) is 0 Å². The van der Waals surface area contributed by atoms with Crippen LogP contribution in [0.4, 0.5) is 20.6 Å². The third-order valence-corrected chi connectivity index (χ3v) is 5.18. The number of halogens is 1. The number of ether oxygens (including phenoxy) is 1. The number of amides is 2. The van der Waals surface area contributed by atoms with Gasteiger partial charge < -0.3 is 19.6 Å². The summed E-state index contributed by atoms with van der Waals surface area (Å²) in [6, 6.07) is 12.4. The number of aliphatic hydroxyl groups excluding tert-OH is 1. The van der Waals surface area contributed by atoms with Crippen molar-refractivity contribution in [3.63, 3.8) is 0 Å². The lowest BCUT2D eigenvalue weighted by atomic mass is 10.1. The van der Waals surface area contributed by atoms with Crippen LogP contribution in [-0.4, -0.2) is 54.5 Å². The summed E-state index contributed by atoms with van der Waals surface area (Å²) in [5.74, 6) is -0.587. The zero-order valence-electron chi connectivity index (χ0n) is 16.0. The summed E-state index contributed by atoms with van der Waals surface area (Å²) >= 11 is 0. The maximum atomic E-state index is 14.8. The average molecular weight is 399 g/mol. The minimum Gasteiger partial charge on any atom is -0.441 e. The second-order valence-electron chi connectivity index (χ2n) is 7.35. The van der Waals surface area contributed by atoms with Gasteiger partial charge in [-0.25, -0.2) is 9.18 Å². The molecular weight excluding hydrogens is 377 g/mol. The molecule has 4 rings (SSSR count). The fourth-order valence-corrected chi connectivity index (χ4v) is 3.56. The number of hydrogen-bond donors (Lipinski definition) is 1. The van der Waals surface area contributed by atoms with Crippen LogP contribution in [0, 0.1) is 12.7 Å². The van der Waals surface area contributed by atoms with Crippen molar-refractivity contribution in [1.82, 2.24) is 4.90 Å². The second-order valence-corrected chi connectivity index (χ2v) is 7.35. The van der Waals surface area contributed by atoms with Gasteiger partial charge in [0.15, 0.2) is 0 Å². The molecular formula is C21H22FN3O4. The smallest absolute Gasteiger partial charge is 0.414 e. The quantitative estimate of drug-likeness (QED) is 0.835. The molecule has 2 aliphatic heterocycles. The first-order valence-electron chi connectivity index (χ1n) is 9.41. The predicted molar refractivity (Wildman–Crippen MR) is 105 cm³/mol. The number of rotatable bonds is 5. The van der Waals surface area contributed by atoms with Crippen molar-refractivity contribution >= 4 is 23.4 Å². The Labute approximate surface area is 167 Å². The maximum absolute atomic E-state index is 14.8. The van der Waals surface area contributed by atoms with Gasteiger partial charge in [-0.3, -0.25) is 9.69 Å². The zero-order chi connectivity index (χ0) is 20.5. The van der Waals surface area contributed by atoms with Gasteiger partial charge in [0.25, 0.3) is 0 Å². The van der Waals surface area contributed by atoms with Gasteiger partial charge in [0.2, 0.25) is 5.91 Å². The van der Waals surface area contributed by atoms with E-state index in [1.54, 1.807) is 21.9 Å². The van der Waals surface area contributed by atoms with Crippen LogP contribution >= 0.6 is 0 Å².